The molecular weight excluding hydrogens is 234 g/mol. The van der Waals surface area contributed by atoms with Crippen molar-refractivity contribution >= 4 is 0 Å². The molecule has 0 bridgehead atoms. The summed E-state index contributed by atoms with van der Waals surface area (Å²) >= 11 is 0. The highest BCUT2D eigenvalue weighted by molar-refractivity contribution is 5.14. The van der Waals surface area contributed by atoms with Gasteiger partial charge in [-0.15, -0.1) is 0 Å². The molecule has 1 aliphatic carbocycles. The van der Waals surface area contributed by atoms with Crippen molar-refractivity contribution in [3.8, 4) is 0 Å². The van der Waals surface area contributed by atoms with Gasteiger partial charge in [-0.25, -0.2) is 10.4 Å². The third kappa shape index (κ3) is 4.31. The monoisotopic (exact) mass is 257 g/mol. The standard InChI is InChI=1S/C16H23N3/c1-17-19(14-16-11-7-4-8-12-16)18(2)13-15-9-5-3-6-10-15/h3-9,11-12,15,17H,10,13-14H2,1-2H3. The molecule has 3 nitrogen and oxygen atoms in total. The quantitative estimate of drug-likeness (QED) is 0.790. The lowest BCUT2D eigenvalue weighted by Crippen LogP contribution is -2.48. The van der Waals surface area contributed by atoms with Crippen LogP contribution in [-0.4, -0.2) is 30.8 Å². The zero-order chi connectivity index (χ0) is 13.5. The lowest BCUT2D eigenvalue weighted by Gasteiger charge is -2.33. The van der Waals surface area contributed by atoms with Gasteiger partial charge in [0.05, 0.1) is 6.54 Å². The van der Waals surface area contributed by atoms with E-state index >= 15 is 0 Å². The summed E-state index contributed by atoms with van der Waals surface area (Å²) in [5.41, 5.74) is 4.57. The molecule has 1 aromatic carbocycles. The predicted molar refractivity (Wildman–Crippen MR) is 80.1 cm³/mol. The number of benzene rings is 1. The molecule has 0 heterocycles. The van der Waals surface area contributed by atoms with Crippen LogP contribution in [-0.2, 0) is 6.54 Å². The SMILES string of the molecule is CNN(Cc1ccccc1)N(C)CC1C=CC=CC1. The Bertz CT molecular complexity index is 425. The molecular formula is C16H23N3. The van der Waals surface area contributed by atoms with Gasteiger partial charge in [-0.3, -0.25) is 0 Å². The van der Waals surface area contributed by atoms with E-state index in [4.69, 9.17) is 0 Å². The molecule has 0 saturated carbocycles. The van der Waals surface area contributed by atoms with E-state index in [-0.39, 0.29) is 0 Å². The fourth-order valence-electron chi connectivity index (χ4n) is 2.33. The van der Waals surface area contributed by atoms with Gasteiger partial charge in [0.1, 0.15) is 0 Å². The van der Waals surface area contributed by atoms with Crippen LogP contribution in [0, 0.1) is 5.92 Å². The average molecular weight is 257 g/mol. The lowest BCUT2D eigenvalue weighted by molar-refractivity contribution is -0.0562. The van der Waals surface area contributed by atoms with Crippen LogP contribution in [0.1, 0.15) is 12.0 Å². The van der Waals surface area contributed by atoms with Gasteiger partial charge >= 0.3 is 0 Å². The molecule has 1 aliphatic rings. The molecule has 1 aromatic rings. The topological polar surface area (TPSA) is 18.5 Å². The smallest absolute Gasteiger partial charge is 0.0540 e. The van der Waals surface area contributed by atoms with Gasteiger partial charge in [-0.05, 0) is 17.9 Å². The summed E-state index contributed by atoms with van der Waals surface area (Å²) in [5.74, 6) is 0.599. The highest BCUT2D eigenvalue weighted by Gasteiger charge is 2.14. The minimum atomic E-state index is 0.599. The molecule has 1 N–H and O–H groups in total. The number of nitrogens with one attached hydrogen (secondary N) is 1. The van der Waals surface area contributed by atoms with Crippen LogP contribution in [0.4, 0.5) is 0 Å². The summed E-state index contributed by atoms with van der Waals surface area (Å²) in [6, 6.07) is 10.5. The third-order valence-electron chi connectivity index (χ3n) is 3.41. The van der Waals surface area contributed by atoms with Gasteiger partial charge in [0.15, 0.2) is 0 Å². The van der Waals surface area contributed by atoms with Gasteiger partial charge in [0.25, 0.3) is 0 Å². The fraction of sp³-hybridized carbons (Fsp3) is 0.375. The summed E-state index contributed by atoms with van der Waals surface area (Å²) < 4.78 is 0. The summed E-state index contributed by atoms with van der Waals surface area (Å²) in [6.45, 7) is 1.90. The number of rotatable bonds is 6. The molecule has 1 atom stereocenters. The van der Waals surface area contributed by atoms with Crippen LogP contribution >= 0.6 is 0 Å². The number of hydrogen-bond acceptors (Lipinski definition) is 3. The Hall–Kier alpha value is -1.42. The Kier molecular flexibility index (Phi) is 5.33. The van der Waals surface area contributed by atoms with E-state index in [0.29, 0.717) is 5.92 Å². The van der Waals surface area contributed by atoms with E-state index in [2.05, 4.69) is 77.2 Å². The van der Waals surface area contributed by atoms with Crippen LogP contribution in [0.25, 0.3) is 0 Å². The highest BCUT2D eigenvalue weighted by Crippen LogP contribution is 2.14. The third-order valence-corrected chi connectivity index (χ3v) is 3.41. The van der Waals surface area contributed by atoms with Crippen LogP contribution in [0.3, 0.4) is 0 Å². The summed E-state index contributed by atoms with van der Waals surface area (Å²) in [6.07, 6.45) is 9.91. The molecule has 0 aliphatic heterocycles. The molecule has 1 unspecified atom stereocenters. The van der Waals surface area contributed by atoms with Crippen molar-refractivity contribution in [1.29, 1.82) is 0 Å². The molecule has 0 aromatic heterocycles. The zero-order valence-electron chi connectivity index (χ0n) is 11.8. The second-order valence-corrected chi connectivity index (χ2v) is 4.92. The summed E-state index contributed by atoms with van der Waals surface area (Å²) in [4.78, 5) is 0. The Morgan fingerprint density at radius 2 is 2.00 bits per heavy atom. The van der Waals surface area contributed by atoms with Gasteiger partial charge in [0.2, 0.25) is 0 Å². The normalized spacial score (nSPS) is 18.4. The highest BCUT2D eigenvalue weighted by atomic mass is 15.8. The van der Waals surface area contributed by atoms with Crippen molar-refractivity contribution in [3.63, 3.8) is 0 Å². The molecule has 2 rings (SSSR count). The van der Waals surface area contributed by atoms with E-state index < -0.39 is 0 Å². The van der Waals surface area contributed by atoms with E-state index in [1.54, 1.807) is 0 Å². The van der Waals surface area contributed by atoms with Crippen molar-refractivity contribution in [2.45, 2.75) is 13.0 Å². The predicted octanol–water partition coefficient (Wildman–Crippen LogP) is 2.60. The molecule has 102 valence electrons. The van der Waals surface area contributed by atoms with Gasteiger partial charge in [0, 0.05) is 20.6 Å². The van der Waals surface area contributed by atoms with Crippen LogP contribution < -0.4 is 5.43 Å². The summed E-state index contributed by atoms with van der Waals surface area (Å²) in [7, 11) is 4.10. The van der Waals surface area contributed by atoms with Gasteiger partial charge in [-0.2, -0.15) is 5.12 Å². The first-order valence-corrected chi connectivity index (χ1v) is 6.83. The largest absolute Gasteiger partial charge is 0.244 e. The Labute approximate surface area is 116 Å². The maximum atomic E-state index is 3.26. The average Bonchev–Trinajstić information content (AvgIpc) is 2.47. The number of allylic oxidation sites excluding steroid dienone is 3. The zero-order valence-corrected chi connectivity index (χ0v) is 11.8. The lowest BCUT2D eigenvalue weighted by atomic mass is 10.0. The molecule has 0 saturated heterocycles. The Balaban J connectivity index is 1.89. The number of hydrazine groups is 2. The minimum absolute atomic E-state index is 0.599. The second kappa shape index (κ2) is 7.24. The van der Waals surface area contributed by atoms with E-state index in [1.165, 1.54) is 5.56 Å². The van der Waals surface area contributed by atoms with Crippen molar-refractivity contribution in [2.24, 2.45) is 5.92 Å². The van der Waals surface area contributed by atoms with Crippen molar-refractivity contribution < 1.29 is 0 Å². The Morgan fingerprint density at radius 1 is 1.21 bits per heavy atom. The van der Waals surface area contributed by atoms with Crippen LogP contribution in [0.2, 0.25) is 0 Å². The van der Waals surface area contributed by atoms with Crippen LogP contribution in [0.15, 0.2) is 54.6 Å². The van der Waals surface area contributed by atoms with Crippen molar-refractivity contribution in [1.82, 2.24) is 15.6 Å². The maximum Gasteiger partial charge on any atom is 0.0540 e. The second-order valence-electron chi connectivity index (χ2n) is 4.92. The first-order chi connectivity index (χ1) is 9.29. The summed E-state index contributed by atoms with van der Waals surface area (Å²) in [5, 5.41) is 4.41. The van der Waals surface area contributed by atoms with E-state index in [1.807, 2.05) is 7.05 Å². The number of hydrogen-bond donors (Lipinski definition) is 1. The van der Waals surface area contributed by atoms with E-state index in [9.17, 15) is 0 Å². The maximum absolute atomic E-state index is 3.26. The Morgan fingerprint density at radius 3 is 2.63 bits per heavy atom. The van der Waals surface area contributed by atoms with E-state index in [0.717, 1.165) is 19.5 Å². The molecule has 0 spiro atoms. The van der Waals surface area contributed by atoms with Gasteiger partial charge in [-0.1, -0.05) is 54.6 Å². The molecule has 0 radical (unpaired) electrons. The fourth-order valence-corrected chi connectivity index (χ4v) is 2.33. The minimum Gasteiger partial charge on any atom is -0.244 e. The number of nitrogens with zero attached hydrogens (tertiary/aromatic N) is 2. The van der Waals surface area contributed by atoms with Crippen LogP contribution in [0.5, 0.6) is 0 Å². The molecule has 0 amide bonds. The molecule has 19 heavy (non-hydrogen) atoms. The van der Waals surface area contributed by atoms with Crippen molar-refractivity contribution in [2.75, 3.05) is 20.6 Å². The van der Waals surface area contributed by atoms with Gasteiger partial charge < -0.3 is 0 Å². The van der Waals surface area contributed by atoms with Crippen molar-refractivity contribution in [3.05, 3.63) is 60.2 Å². The molecule has 3 heteroatoms. The first-order valence-electron chi connectivity index (χ1n) is 6.83. The molecule has 0 fully saturated rings. The first kappa shape index (κ1) is 14.0.